The van der Waals surface area contributed by atoms with Gasteiger partial charge in [-0.3, -0.25) is 0 Å². The Morgan fingerprint density at radius 3 is 2.03 bits per heavy atom. The molecule has 0 bridgehead atoms. The zero-order valence-corrected chi connectivity index (χ0v) is 18.9. The second kappa shape index (κ2) is 10.1. The van der Waals surface area contributed by atoms with Crippen LogP contribution in [0.1, 0.15) is 13.8 Å². The van der Waals surface area contributed by atoms with Gasteiger partial charge in [0.15, 0.2) is 0 Å². The van der Waals surface area contributed by atoms with Crippen molar-refractivity contribution in [1.82, 2.24) is 0 Å². The van der Waals surface area contributed by atoms with Crippen LogP contribution in [0, 0.1) is 11.6 Å². The molecule has 0 spiro atoms. The van der Waals surface area contributed by atoms with Crippen molar-refractivity contribution in [3.8, 4) is 39.5 Å². The van der Waals surface area contributed by atoms with Crippen molar-refractivity contribution >= 4 is 11.9 Å². The Morgan fingerprint density at radius 1 is 0.735 bits per heavy atom. The van der Waals surface area contributed by atoms with E-state index in [4.69, 9.17) is 14.2 Å². The van der Waals surface area contributed by atoms with Crippen LogP contribution in [0.2, 0.25) is 0 Å². The van der Waals surface area contributed by atoms with Crippen molar-refractivity contribution in [2.24, 2.45) is 0 Å². The predicted molar refractivity (Wildman–Crippen MR) is 125 cm³/mol. The van der Waals surface area contributed by atoms with Crippen molar-refractivity contribution in [3.05, 3.63) is 90.5 Å². The normalized spacial score (nSPS) is 10.4. The molecule has 0 N–H and O–H groups in total. The maximum Gasteiger partial charge on any atom is 0.338 e. The van der Waals surface area contributed by atoms with Gasteiger partial charge in [-0.25, -0.2) is 18.4 Å². The van der Waals surface area contributed by atoms with Crippen LogP contribution in [-0.4, -0.2) is 19.0 Å². The summed E-state index contributed by atoms with van der Waals surface area (Å²) in [5.41, 5.74) is 1.41. The maximum absolute atomic E-state index is 15.3. The van der Waals surface area contributed by atoms with Crippen LogP contribution in [0.4, 0.5) is 8.78 Å². The molecular formula is C27H22F2O5. The van der Waals surface area contributed by atoms with E-state index in [1.807, 2.05) is 0 Å². The molecule has 0 heterocycles. The molecule has 174 valence electrons. The van der Waals surface area contributed by atoms with Gasteiger partial charge in [0.2, 0.25) is 0 Å². The lowest BCUT2D eigenvalue weighted by Crippen LogP contribution is -2.09. The predicted octanol–water partition coefficient (Wildman–Crippen LogP) is 6.27. The van der Waals surface area contributed by atoms with Crippen LogP contribution < -0.4 is 14.2 Å². The minimum absolute atomic E-state index is 0.0331. The van der Waals surface area contributed by atoms with E-state index in [0.29, 0.717) is 16.9 Å². The maximum atomic E-state index is 15.3. The van der Waals surface area contributed by atoms with Gasteiger partial charge in [-0.05, 0) is 61.4 Å². The second-order valence-corrected chi connectivity index (χ2v) is 7.57. The highest BCUT2D eigenvalue weighted by Crippen LogP contribution is 2.37. The molecule has 5 nitrogen and oxygen atoms in total. The first-order valence-electron chi connectivity index (χ1n) is 10.1. The molecule has 0 aromatic heterocycles. The molecule has 0 unspecified atom stereocenters. The third-order valence-electron chi connectivity index (χ3n) is 4.76. The Kier molecular flexibility index (Phi) is 7.26. The topological polar surface area (TPSA) is 61.8 Å². The van der Waals surface area contributed by atoms with Gasteiger partial charge in [-0.1, -0.05) is 25.3 Å². The van der Waals surface area contributed by atoms with Crippen molar-refractivity contribution in [2.45, 2.75) is 13.8 Å². The average molecular weight is 464 g/mol. The Hall–Kier alpha value is -4.26. The molecule has 3 aromatic carbocycles. The number of hydrogen-bond donors (Lipinski definition) is 0. The van der Waals surface area contributed by atoms with Gasteiger partial charge >= 0.3 is 11.9 Å². The summed E-state index contributed by atoms with van der Waals surface area (Å²) in [6, 6.07) is 12.5. The van der Waals surface area contributed by atoms with Crippen molar-refractivity contribution in [3.63, 3.8) is 0 Å². The highest BCUT2D eigenvalue weighted by molar-refractivity contribution is 5.90. The fourth-order valence-electron chi connectivity index (χ4n) is 3.02. The first kappa shape index (κ1) is 24.4. The van der Waals surface area contributed by atoms with Gasteiger partial charge in [0.1, 0.15) is 28.9 Å². The van der Waals surface area contributed by atoms with E-state index in [-0.39, 0.29) is 33.8 Å². The molecule has 34 heavy (non-hydrogen) atoms. The van der Waals surface area contributed by atoms with Crippen molar-refractivity contribution < 1.29 is 32.6 Å². The van der Waals surface area contributed by atoms with E-state index in [1.54, 1.807) is 12.1 Å². The number of methoxy groups -OCH3 is 1. The molecular weight excluding hydrogens is 442 g/mol. The molecule has 0 radical (unpaired) electrons. The van der Waals surface area contributed by atoms with Crippen LogP contribution in [0.5, 0.6) is 17.2 Å². The summed E-state index contributed by atoms with van der Waals surface area (Å²) < 4.78 is 45.1. The van der Waals surface area contributed by atoms with E-state index in [0.717, 1.165) is 6.07 Å². The molecule has 0 aliphatic rings. The number of halogens is 2. The largest absolute Gasteiger partial charge is 0.497 e. The standard InChI is InChI=1S/C27H22F2O5/c1-15(2)26(30)33-21-11-18(10-19(28)13-21)17-6-8-22(24(29)12-17)23-14-20(32-5)7-9-25(23)34-27(31)16(3)4/h6-14H,1,3H2,2,4-5H3. The lowest BCUT2D eigenvalue weighted by molar-refractivity contribution is -0.130. The third kappa shape index (κ3) is 5.56. The molecule has 0 atom stereocenters. The summed E-state index contributed by atoms with van der Waals surface area (Å²) in [4.78, 5) is 23.8. The Bertz CT molecular complexity index is 1310. The SMILES string of the molecule is C=C(C)C(=O)Oc1cc(F)cc(-c2ccc(-c3cc(OC)ccc3OC(=O)C(=C)C)c(F)c2)c1. The van der Waals surface area contributed by atoms with Crippen LogP contribution in [-0.2, 0) is 9.59 Å². The Balaban J connectivity index is 2.03. The van der Waals surface area contributed by atoms with Gasteiger partial charge < -0.3 is 14.2 Å². The molecule has 0 aliphatic carbocycles. The summed E-state index contributed by atoms with van der Waals surface area (Å²) in [7, 11) is 1.46. The first-order valence-corrected chi connectivity index (χ1v) is 10.1. The number of benzene rings is 3. The van der Waals surface area contributed by atoms with Gasteiger partial charge in [-0.15, -0.1) is 0 Å². The smallest absolute Gasteiger partial charge is 0.338 e. The monoisotopic (exact) mass is 464 g/mol. The Labute approximate surface area is 195 Å². The summed E-state index contributed by atoms with van der Waals surface area (Å²) >= 11 is 0. The minimum Gasteiger partial charge on any atom is -0.497 e. The van der Waals surface area contributed by atoms with Gasteiger partial charge in [0.25, 0.3) is 0 Å². The van der Waals surface area contributed by atoms with Crippen molar-refractivity contribution in [1.29, 1.82) is 0 Å². The Morgan fingerprint density at radius 2 is 1.41 bits per heavy atom. The van der Waals surface area contributed by atoms with Gasteiger partial charge in [0, 0.05) is 28.3 Å². The quantitative estimate of drug-likeness (QED) is 0.234. The number of hydrogen-bond acceptors (Lipinski definition) is 5. The van der Waals surface area contributed by atoms with Gasteiger partial charge in [-0.2, -0.15) is 0 Å². The molecule has 0 amide bonds. The van der Waals surface area contributed by atoms with E-state index < -0.39 is 23.6 Å². The van der Waals surface area contributed by atoms with Crippen LogP contribution in [0.25, 0.3) is 22.3 Å². The number of carbonyl (C=O) groups is 2. The molecule has 0 fully saturated rings. The molecule has 0 saturated heterocycles. The molecule has 3 rings (SSSR count). The van der Waals surface area contributed by atoms with E-state index in [9.17, 15) is 14.0 Å². The summed E-state index contributed by atoms with van der Waals surface area (Å²) in [6.45, 7) is 10.0. The number of ether oxygens (including phenoxy) is 3. The summed E-state index contributed by atoms with van der Waals surface area (Å²) in [6.07, 6.45) is 0. The minimum atomic E-state index is -0.701. The third-order valence-corrected chi connectivity index (χ3v) is 4.76. The van der Waals surface area contributed by atoms with E-state index >= 15 is 4.39 Å². The first-order chi connectivity index (χ1) is 16.1. The highest BCUT2D eigenvalue weighted by Gasteiger charge is 2.17. The lowest BCUT2D eigenvalue weighted by Gasteiger charge is -2.14. The zero-order valence-electron chi connectivity index (χ0n) is 18.9. The summed E-state index contributed by atoms with van der Waals surface area (Å²) in [5, 5.41) is 0. The zero-order chi connectivity index (χ0) is 25.0. The number of rotatable bonds is 7. The lowest BCUT2D eigenvalue weighted by atomic mass is 9.98. The summed E-state index contributed by atoms with van der Waals surface area (Å²) in [5.74, 6) is -2.14. The van der Waals surface area contributed by atoms with Gasteiger partial charge in [0.05, 0.1) is 7.11 Å². The van der Waals surface area contributed by atoms with Crippen LogP contribution in [0.15, 0.2) is 78.9 Å². The molecule has 3 aromatic rings. The average Bonchev–Trinajstić information content (AvgIpc) is 2.78. The number of esters is 2. The van der Waals surface area contributed by atoms with Crippen molar-refractivity contribution in [2.75, 3.05) is 7.11 Å². The van der Waals surface area contributed by atoms with Crippen LogP contribution in [0.3, 0.4) is 0 Å². The fourth-order valence-corrected chi connectivity index (χ4v) is 3.02. The molecule has 0 saturated carbocycles. The second-order valence-electron chi connectivity index (χ2n) is 7.57. The molecule has 0 aliphatic heterocycles. The van der Waals surface area contributed by atoms with Crippen LogP contribution >= 0.6 is 0 Å². The van der Waals surface area contributed by atoms with E-state index in [2.05, 4.69) is 13.2 Å². The highest BCUT2D eigenvalue weighted by atomic mass is 19.1. The van der Waals surface area contributed by atoms with E-state index in [1.165, 1.54) is 57.4 Å². The molecule has 7 heteroatoms. The fraction of sp³-hybridized carbons (Fsp3) is 0.111. The number of carbonyl (C=O) groups excluding carboxylic acids is 2.